The van der Waals surface area contributed by atoms with Crippen LogP contribution in [-0.4, -0.2) is 29.3 Å². The van der Waals surface area contributed by atoms with E-state index in [9.17, 15) is 9.90 Å². The molecule has 3 atom stereocenters. The van der Waals surface area contributed by atoms with Gasteiger partial charge in [0.25, 0.3) is 0 Å². The average molecular weight is 269 g/mol. The average Bonchev–Trinajstić information content (AvgIpc) is 2.58. The fourth-order valence-electron chi connectivity index (χ4n) is 3.82. The predicted octanol–water partition coefficient (Wildman–Crippen LogP) is 2.40. The summed E-state index contributed by atoms with van der Waals surface area (Å²) in [7, 11) is 0. The number of hydrogen-bond acceptors (Lipinski definition) is 3. The largest absolute Gasteiger partial charge is 0.388 e. The molecular formula is C17H19NO2. The zero-order chi connectivity index (χ0) is 14.2. The van der Waals surface area contributed by atoms with Crippen molar-refractivity contribution < 1.29 is 9.90 Å². The Morgan fingerprint density at radius 3 is 3.15 bits per heavy atom. The number of carbonyl (C=O) groups excluding carboxylic acids is 1. The molecule has 2 aliphatic carbocycles. The normalized spacial score (nSPS) is 38.8. The van der Waals surface area contributed by atoms with E-state index in [-0.39, 0.29) is 11.7 Å². The highest BCUT2D eigenvalue weighted by atomic mass is 16.3. The Morgan fingerprint density at radius 1 is 1.50 bits per heavy atom. The highest BCUT2D eigenvalue weighted by Crippen LogP contribution is 2.54. The molecule has 1 aliphatic heterocycles. The maximum Gasteiger partial charge on any atom is 0.160 e. The molecule has 1 N–H and O–H groups in total. The molecule has 20 heavy (non-hydrogen) atoms. The molecule has 1 spiro atoms. The minimum Gasteiger partial charge on any atom is -0.388 e. The SMILES string of the molecule is C=CCC1(O)CC=CC2=CC=CC(=O)C3CCN=CC231. The van der Waals surface area contributed by atoms with Crippen molar-refractivity contribution in [2.45, 2.75) is 24.9 Å². The number of nitrogens with zero attached hydrogens (tertiary/aromatic N) is 1. The van der Waals surface area contributed by atoms with Gasteiger partial charge in [-0.25, -0.2) is 0 Å². The summed E-state index contributed by atoms with van der Waals surface area (Å²) in [5, 5.41) is 11.3. The summed E-state index contributed by atoms with van der Waals surface area (Å²) in [6, 6.07) is 0. The summed E-state index contributed by atoms with van der Waals surface area (Å²) in [6.45, 7) is 4.41. The van der Waals surface area contributed by atoms with Crippen LogP contribution in [0.4, 0.5) is 0 Å². The molecule has 3 nitrogen and oxygen atoms in total. The Balaban J connectivity index is 2.25. The van der Waals surface area contributed by atoms with Gasteiger partial charge in [0.2, 0.25) is 0 Å². The third kappa shape index (κ3) is 1.63. The van der Waals surface area contributed by atoms with E-state index in [0.717, 1.165) is 5.57 Å². The van der Waals surface area contributed by atoms with E-state index in [2.05, 4.69) is 11.6 Å². The highest BCUT2D eigenvalue weighted by molar-refractivity contribution is 5.98. The van der Waals surface area contributed by atoms with Crippen LogP contribution in [-0.2, 0) is 4.79 Å². The molecule has 3 heteroatoms. The molecule has 104 valence electrons. The lowest BCUT2D eigenvalue weighted by atomic mass is 9.54. The Morgan fingerprint density at radius 2 is 2.35 bits per heavy atom. The Labute approximate surface area is 119 Å². The summed E-state index contributed by atoms with van der Waals surface area (Å²) >= 11 is 0. The van der Waals surface area contributed by atoms with Crippen molar-refractivity contribution in [3.8, 4) is 0 Å². The first kappa shape index (κ1) is 13.3. The molecule has 0 saturated heterocycles. The Kier molecular flexibility index (Phi) is 3.09. The zero-order valence-corrected chi connectivity index (χ0v) is 11.5. The highest BCUT2D eigenvalue weighted by Gasteiger charge is 2.58. The van der Waals surface area contributed by atoms with E-state index in [1.165, 1.54) is 0 Å². The molecular weight excluding hydrogens is 250 g/mol. The van der Waals surface area contributed by atoms with Gasteiger partial charge in [-0.2, -0.15) is 0 Å². The van der Waals surface area contributed by atoms with Gasteiger partial charge in [-0.05, 0) is 30.9 Å². The lowest BCUT2D eigenvalue weighted by Crippen LogP contribution is -2.58. The molecule has 3 rings (SSSR count). The summed E-state index contributed by atoms with van der Waals surface area (Å²) < 4.78 is 0. The summed E-state index contributed by atoms with van der Waals surface area (Å²) in [5.41, 5.74) is -0.760. The Hall–Kier alpha value is -1.74. The second-order valence-electron chi connectivity index (χ2n) is 5.76. The predicted molar refractivity (Wildman–Crippen MR) is 79.6 cm³/mol. The van der Waals surface area contributed by atoms with E-state index in [1.54, 1.807) is 18.2 Å². The summed E-state index contributed by atoms with van der Waals surface area (Å²) in [5.74, 6) is -0.153. The summed E-state index contributed by atoms with van der Waals surface area (Å²) in [6.07, 6.45) is 14.5. The monoisotopic (exact) mass is 269 g/mol. The molecule has 0 aromatic carbocycles. The van der Waals surface area contributed by atoms with Crippen molar-refractivity contribution in [1.29, 1.82) is 0 Å². The van der Waals surface area contributed by atoms with Gasteiger partial charge >= 0.3 is 0 Å². The van der Waals surface area contributed by atoms with Gasteiger partial charge in [0.1, 0.15) is 0 Å². The lowest BCUT2D eigenvalue weighted by Gasteiger charge is -2.52. The number of aliphatic hydroxyl groups is 1. The molecule has 0 fully saturated rings. The van der Waals surface area contributed by atoms with Gasteiger partial charge in [0.05, 0.1) is 11.0 Å². The summed E-state index contributed by atoms with van der Waals surface area (Å²) in [4.78, 5) is 16.9. The van der Waals surface area contributed by atoms with Crippen LogP contribution in [0.2, 0.25) is 0 Å². The van der Waals surface area contributed by atoms with E-state index in [4.69, 9.17) is 0 Å². The molecule has 0 aromatic rings. The van der Waals surface area contributed by atoms with Gasteiger partial charge in [-0.3, -0.25) is 9.79 Å². The molecule has 0 radical (unpaired) electrons. The standard InChI is InChI=1S/C17H19NO2/c1-2-9-16(20)10-4-6-13-5-3-7-15(19)14-8-11-18-12-17(13,14)16/h2-7,12,14,20H,1,8-11H2. The van der Waals surface area contributed by atoms with Gasteiger partial charge in [-0.15, -0.1) is 6.58 Å². The molecule has 0 saturated carbocycles. The van der Waals surface area contributed by atoms with Crippen LogP contribution in [0.15, 0.2) is 53.6 Å². The van der Waals surface area contributed by atoms with Crippen molar-refractivity contribution in [2.75, 3.05) is 6.54 Å². The van der Waals surface area contributed by atoms with Gasteiger partial charge in [-0.1, -0.05) is 30.4 Å². The number of rotatable bonds is 2. The lowest BCUT2D eigenvalue weighted by molar-refractivity contribution is -0.127. The first-order chi connectivity index (χ1) is 9.64. The van der Waals surface area contributed by atoms with Crippen LogP contribution in [0, 0.1) is 11.3 Å². The molecule has 1 heterocycles. The molecule has 0 bridgehead atoms. The van der Waals surface area contributed by atoms with Crippen LogP contribution in [0.3, 0.4) is 0 Å². The maximum atomic E-state index is 12.4. The van der Waals surface area contributed by atoms with E-state index in [1.807, 2.05) is 24.4 Å². The van der Waals surface area contributed by atoms with Crippen molar-refractivity contribution in [1.82, 2.24) is 0 Å². The number of aliphatic imine (C=N–C) groups is 1. The maximum absolute atomic E-state index is 12.4. The van der Waals surface area contributed by atoms with Gasteiger partial charge in [0.15, 0.2) is 5.78 Å². The first-order valence-corrected chi connectivity index (χ1v) is 7.07. The molecule has 3 aliphatic rings. The zero-order valence-electron chi connectivity index (χ0n) is 11.5. The minimum atomic E-state index is -1.02. The van der Waals surface area contributed by atoms with Crippen molar-refractivity contribution in [3.05, 3.63) is 48.6 Å². The number of hydrogen-bond donors (Lipinski definition) is 1. The quantitative estimate of drug-likeness (QED) is 0.783. The third-order valence-corrected chi connectivity index (χ3v) is 4.75. The third-order valence-electron chi connectivity index (χ3n) is 4.75. The number of carbonyl (C=O) groups is 1. The van der Waals surface area contributed by atoms with Crippen molar-refractivity contribution >= 4 is 12.0 Å². The fraction of sp³-hybridized carbons (Fsp3) is 0.412. The second kappa shape index (κ2) is 4.67. The van der Waals surface area contributed by atoms with Crippen molar-refractivity contribution in [3.63, 3.8) is 0 Å². The number of ketones is 1. The first-order valence-electron chi connectivity index (χ1n) is 7.07. The van der Waals surface area contributed by atoms with Crippen LogP contribution in [0.1, 0.15) is 19.3 Å². The molecule has 3 unspecified atom stereocenters. The van der Waals surface area contributed by atoms with Gasteiger partial charge in [0, 0.05) is 18.7 Å². The van der Waals surface area contributed by atoms with Gasteiger partial charge < -0.3 is 5.11 Å². The van der Waals surface area contributed by atoms with Crippen LogP contribution < -0.4 is 0 Å². The molecule has 0 amide bonds. The van der Waals surface area contributed by atoms with E-state index >= 15 is 0 Å². The molecule has 0 aromatic heterocycles. The van der Waals surface area contributed by atoms with E-state index < -0.39 is 11.0 Å². The fourth-order valence-corrected chi connectivity index (χ4v) is 3.82. The van der Waals surface area contributed by atoms with Crippen LogP contribution >= 0.6 is 0 Å². The van der Waals surface area contributed by atoms with E-state index in [0.29, 0.717) is 25.8 Å². The topological polar surface area (TPSA) is 49.7 Å². The van der Waals surface area contributed by atoms with Crippen LogP contribution in [0.5, 0.6) is 0 Å². The Bertz CT molecular complexity index is 570. The minimum absolute atomic E-state index is 0.0835. The van der Waals surface area contributed by atoms with Crippen molar-refractivity contribution in [2.24, 2.45) is 16.3 Å². The second-order valence-corrected chi connectivity index (χ2v) is 5.76. The smallest absolute Gasteiger partial charge is 0.160 e. The number of allylic oxidation sites excluding steroid dienone is 4. The van der Waals surface area contributed by atoms with Crippen LogP contribution in [0.25, 0.3) is 0 Å².